The fraction of sp³-hybridized carbons (Fsp3) is 0.636. The molecule has 2 nitrogen and oxygen atoms in total. The van der Waals surface area contributed by atoms with E-state index in [1.54, 1.807) is 0 Å². The summed E-state index contributed by atoms with van der Waals surface area (Å²) in [5, 5.41) is 3.50. The van der Waals surface area contributed by atoms with Gasteiger partial charge in [-0.05, 0) is 31.5 Å². The Bertz CT molecular complexity index is 240. The molecule has 2 heteroatoms. The molecule has 1 heterocycles. The third-order valence-electron chi connectivity index (χ3n) is 2.34. The number of aromatic nitrogens is 1. The molecule has 1 N–H and O–H groups in total. The highest BCUT2D eigenvalue weighted by molar-refractivity contribution is 5.14. The Kier molecular flexibility index (Phi) is 4.03. The normalized spacial score (nSPS) is 13.2. The highest BCUT2D eigenvalue weighted by Gasteiger charge is 2.03. The van der Waals surface area contributed by atoms with E-state index in [-0.39, 0.29) is 0 Å². The molecule has 0 spiro atoms. The lowest BCUT2D eigenvalue weighted by Crippen LogP contribution is -2.19. The monoisotopic (exact) mass is 180 g/mol. The predicted molar refractivity (Wildman–Crippen MR) is 56.7 cm³/mol. The first kappa shape index (κ1) is 10.3. The maximum atomic E-state index is 3.50. The van der Waals surface area contributed by atoms with Crippen molar-refractivity contribution in [3.8, 4) is 0 Å². The molecule has 0 bridgehead atoms. The van der Waals surface area contributed by atoms with E-state index in [0.29, 0.717) is 6.04 Å². The topological polar surface area (TPSA) is 17.0 Å². The number of nitrogens with zero attached hydrogens (tertiary/aromatic N) is 1. The lowest BCUT2D eigenvalue weighted by atomic mass is 10.2. The zero-order valence-corrected chi connectivity index (χ0v) is 8.88. The summed E-state index contributed by atoms with van der Waals surface area (Å²) in [6.45, 7) is 5.55. The van der Waals surface area contributed by atoms with Crippen molar-refractivity contribution in [1.29, 1.82) is 0 Å². The van der Waals surface area contributed by atoms with Gasteiger partial charge >= 0.3 is 0 Å². The molecule has 74 valence electrons. The van der Waals surface area contributed by atoms with Gasteiger partial charge in [-0.1, -0.05) is 13.3 Å². The van der Waals surface area contributed by atoms with E-state index < -0.39 is 0 Å². The van der Waals surface area contributed by atoms with Gasteiger partial charge in [0.05, 0.1) is 0 Å². The van der Waals surface area contributed by atoms with Crippen LogP contribution in [-0.4, -0.2) is 11.1 Å². The van der Waals surface area contributed by atoms with E-state index in [1.807, 2.05) is 0 Å². The molecule has 0 unspecified atom stereocenters. The molecule has 0 saturated heterocycles. The van der Waals surface area contributed by atoms with Crippen LogP contribution in [0.1, 0.15) is 38.3 Å². The molecular weight excluding hydrogens is 160 g/mol. The first-order valence-corrected chi connectivity index (χ1v) is 5.09. The Morgan fingerprint density at radius 2 is 2.31 bits per heavy atom. The fourth-order valence-electron chi connectivity index (χ4n) is 1.39. The zero-order valence-electron chi connectivity index (χ0n) is 8.88. The van der Waals surface area contributed by atoms with Crippen LogP contribution in [0.3, 0.4) is 0 Å². The van der Waals surface area contributed by atoms with E-state index in [4.69, 9.17) is 0 Å². The minimum atomic E-state index is 0.479. The number of nitrogens with one attached hydrogen (secondary N) is 1. The van der Waals surface area contributed by atoms with Crippen molar-refractivity contribution in [3.63, 3.8) is 0 Å². The van der Waals surface area contributed by atoms with Crippen molar-refractivity contribution in [2.45, 2.75) is 32.7 Å². The van der Waals surface area contributed by atoms with Gasteiger partial charge in [0.1, 0.15) is 0 Å². The van der Waals surface area contributed by atoms with E-state index in [0.717, 1.165) is 6.54 Å². The quantitative estimate of drug-likeness (QED) is 0.689. The first-order chi connectivity index (χ1) is 6.24. The van der Waals surface area contributed by atoms with Crippen molar-refractivity contribution >= 4 is 0 Å². The molecule has 13 heavy (non-hydrogen) atoms. The summed E-state index contributed by atoms with van der Waals surface area (Å²) in [4.78, 5) is 0. The van der Waals surface area contributed by atoms with Gasteiger partial charge in [0.25, 0.3) is 0 Å². The zero-order chi connectivity index (χ0) is 9.68. The Hall–Kier alpha value is -0.760. The van der Waals surface area contributed by atoms with Gasteiger partial charge in [-0.2, -0.15) is 0 Å². The molecule has 1 atom stereocenters. The van der Waals surface area contributed by atoms with E-state index in [1.165, 1.54) is 18.4 Å². The number of hydrogen-bond donors (Lipinski definition) is 1. The Morgan fingerprint density at radius 3 is 2.85 bits per heavy atom. The second kappa shape index (κ2) is 5.07. The molecular formula is C11H20N2. The molecule has 0 aliphatic heterocycles. The van der Waals surface area contributed by atoms with Crippen LogP contribution in [0, 0.1) is 0 Å². The summed E-state index contributed by atoms with van der Waals surface area (Å²) in [6.07, 6.45) is 6.78. The number of rotatable bonds is 5. The van der Waals surface area contributed by atoms with E-state index in [2.05, 4.69) is 49.2 Å². The second-order valence-electron chi connectivity index (χ2n) is 3.64. The molecule has 0 amide bonds. The van der Waals surface area contributed by atoms with Crippen LogP contribution in [-0.2, 0) is 7.05 Å². The number of hydrogen-bond acceptors (Lipinski definition) is 1. The molecule has 1 aromatic heterocycles. The average Bonchev–Trinajstić information content (AvgIpc) is 2.52. The van der Waals surface area contributed by atoms with Gasteiger partial charge < -0.3 is 9.88 Å². The van der Waals surface area contributed by atoms with Gasteiger partial charge in [0.15, 0.2) is 0 Å². The summed E-state index contributed by atoms with van der Waals surface area (Å²) in [5.74, 6) is 0. The maximum Gasteiger partial charge on any atom is 0.0306 e. The smallest absolute Gasteiger partial charge is 0.0306 e. The number of aryl methyl sites for hydroxylation is 1. The minimum absolute atomic E-state index is 0.479. The van der Waals surface area contributed by atoms with Crippen molar-refractivity contribution in [2.24, 2.45) is 7.05 Å². The largest absolute Gasteiger partial charge is 0.357 e. The van der Waals surface area contributed by atoms with Crippen LogP contribution in [0.5, 0.6) is 0 Å². The van der Waals surface area contributed by atoms with Gasteiger partial charge in [-0.3, -0.25) is 0 Å². The second-order valence-corrected chi connectivity index (χ2v) is 3.64. The van der Waals surface area contributed by atoms with Gasteiger partial charge in [-0.25, -0.2) is 0 Å². The molecule has 0 aliphatic carbocycles. The minimum Gasteiger partial charge on any atom is -0.357 e. The summed E-state index contributed by atoms with van der Waals surface area (Å²) < 4.78 is 2.09. The van der Waals surface area contributed by atoms with Crippen LogP contribution in [0.4, 0.5) is 0 Å². The molecule has 1 aromatic rings. The van der Waals surface area contributed by atoms with Crippen molar-refractivity contribution < 1.29 is 0 Å². The van der Waals surface area contributed by atoms with Gasteiger partial charge in [-0.15, -0.1) is 0 Å². The maximum absolute atomic E-state index is 3.50. The van der Waals surface area contributed by atoms with E-state index in [9.17, 15) is 0 Å². The lowest BCUT2D eigenvalue weighted by Gasteiger charge is -2.11. The van der Waals surface area contributed by atoms with Crippen molar-refractivity contribution in [3.05, 3.63) is 24.0 Å². The lowest BCUT2D eigenvalue weighted by molar-refractivity contribution is 0.554. The third kappa shape index (κ3) is 3.23. The third-order valence-corrected chi connectivity index (χ3v) is 2.34. The standard InChI is InChI=1S/C11H20N2/c1-4-5-7-12-10(2)11-6-8-13(3)9-11/h6,8-10,12H,4-5,7H2,1-3H3/t10-/m0/s1. The summed E-state index contributed by atoms with van der Waals surface area (Å²) in [5.41, 5.74) is 1.37. The van der Waals surface area contributed by atoms with Gasteiger partial charge in [0, 0.05) is 25.5 Å². The van der Waals surface area contributed by atoms with Crippen LogP contribution in [0.15, 0.2) is 18.5 Å². The summed E-state index contributed by atoms with van der Waals surface area (Å²) in [7, 11) is 2.06. The number of unbranched alkanes of at least 4 members (excludes halogenated alkanes) is 1. The molecule has 0 saturated carbocycles. The Labute approximate surface area is 81.0 Å². The fourth-order valence-corrected chi connectivity index (χ4v) is 1.39. The average molecular weight is 180 g/mol. The molecule has 0 aliphatic rings. The SMILES string of the molecule is CCCCN[C@@H](C)c1ccn(C)c1. The highest BCUT2D eigenvalue weighted by Crippen LogP contribution is 2.11. The molecule has 1 rings (SSSR count). The van der Waals surface area contributed by atoms with Crippen LogP contribution in [0.2, 0.25) is 0 Å². The Balaban J connectivity index is 2.35. The highest BCUT2D eigenvalue weighted by atomic mass is 14.9. The molecule has 0 aromatic carbocycles. The summed E-state index contributed by atoms with van der Waals surface area (Å²) in [6, 6.07) is 2.65. The van der Waals surface area contributed by atoms with Crippen LogP contribution in [0.25, 0.3) is 0 Å². The van der Waals surface area contributed by atoms with Gasteiger partial charge in [0.2, 0.25) is 0 Å². The summed E-state index contributed by atoms with van der Waals surface area (Å²) >= 11 is 0. The predicted octanol–water partition coefficient (Wildman–Crippen LogP) is 2.48. The van der Waals surface area contributed by atoms with E-state index >= 15 is 0 Å². The molecule has 0 fully saturated rings. The Morgan fingerprint density at radius 1 is 1.54 bits per heavy atom. The van der Waals surface area contributed by atoms with Crippen molar-refractivity contribution in [1.82, 2.24) is 9.88 Å². The van der Waals surface area contributed by atoms with Crippen LogP contribution >= 0.6 is 0 Å². The molecule has 0 radical (unpaired) electrons. The van der Waals surface area contributed by atoms with Crippen LogP contribution < -0.4 is 5.32 Å². The van der Waals surface area contributed by atoms with Crippen molar-refractivity contribution in [2.75, 3.05) is 6.54 Å². The first-order valence-electron chi connectivity index (χ1n) is 5.09.